The molecular weight excluding hydrogens is 527 g/mol. The van der Waals surface area contributed by atoms with E-state index < -0.39 is 8.07 Å². The molecule has 0 atom stereocenters. The molecule has 4 heteroatoms. The molecule has 0 saturated carbocycles. The second kappa shape index (κ2) is 10.4. The molecule has 0 saturated heterocycles. The SMILES string of the molecule is [C-]#[N+]c1cc([N+]#[C-])cc(-c2cccc(N3c4ccccc4[Si](c4ccccc4)(c4ccccc4)c4ccccc43)c2)c1. The van der Waals surface area contributed by atoms with Gasteiger partial charge in [-0.05, 0) is 56.1 Å². The molecule has 0 aliphatic carbocycles. The summed E-state index contributed by atoms with van der Waals surface area (Å²) in [5, 5.41) is 5.40. The van der Waals surface area contributed by atoms with Crippen molar-refractivity contribution in [3.63, 3.8) is 0 Å². The minimum atomic E-state index is -2.66. The molecule has 0 N–H and O–H groups in total. The van der Waals surface area contributed by atoms with Crippen molar-refractivity contribution in [1.29, 1.82) is 0 Å². The maximum absolute atomic E-state index is 7.54. The van der Waals surface area contributed by atoms with E-state index in [1.54, 1.807) is 6.07 Å². The van der Waals surface area contributed by atoms with Crippen LogP contribution in [0.3, 0.4) is 0 Å². The van der Waals surface area contributed by atoms with Gasteiger partial charge in [-0.2, -0.15) is 0 Å². The third-order valence-corrected chi connectivity index (χ3v) is 13.0. The molecule has 196 valence electrons. The zero-order valence-corrected chi connectivity index (χ0v) is 23.8. The van der Waals surface area contributed by atoms with Gasteiger partial charge in [0.1, 0.15) is 0 Å². The number of anilines is 3. The zero-order chi connectivity index (χ0) is 28.5. The Morgan fingerprint density at radius 3 is 1.48 bits per heavy atom. The lowest BCUT2D eigenvalue weighted by atomic mass is 10.0. The third kappa shape index (κ3) is 3.94. The van der Waals surface area contributed by atoms with Crippen LogP contribution in [0, 0.1) is 13.1 Å². The van der Waals surface area contributed by atoms with Crippen LogP contribution in [0.15, 0.2) is 152 Å². The highest BCUT2D eigenvalue weighted by Gasteiger charge is 2.48. The average Bonchev–Trinajstić information content (AvgIpc) is 3.07. The Morgan fingerprint density at radius 1 is 0.452 bits per heavy atom. The molecule has 7 rings (SSSR count). The van der Waals surface area contributed by atoms with E-state index in [9.17, 15) is 0 Å². The number of para-hydroxylation sites is 2. The Hall–Kier alpha value is -5.68. The lowest BCUT2D eigenvalue weighted by Crippen LogP contribution is -2.77. The van der Waals surface area contributed by atoms with E-state index in [1.165, 1.54) is 32.1 Å². The first-order valence-corrected chi connectivity index (χ1v) is 15.8. The van der Waals surface area contributed by atoms with E-state index >= 15 is 0 Å². The van der Waals surface area contributed by atoms with Crippen molar-refractivity contribution in [3.05, 3.63) is 174 Å². The van der Waals surface area contributed by atoms with Gasteiger partial charge in [0.2, 0.25) is 0 Å². The van der Waals surface area contributed by atoms with E-state index in [0.29, 0.717) is 11.4 Å². The first kappa shape index (κ1) is 25.3. The monoisotopic (exact) mass is 551 g/mol. The van der Waals surface area contributed by atoms with E-state index in [4.69, 9.17) is 13.1 Å². The number of nitrogens with zero attached hydrogens (tertiary/aromatic N) is 3. The molecule has 6 aromatic carbocycles. The summed E-state index contributed by atoms with van der Waals surface area (Å²) >= 11 is 0. The summed E-state index contributed by atoms with van der Waals surface area (Å²) in [6, 6.07) is 53.5. The number of hydrogen-bond acceptors (Lipinski definition) is 1. The van der Waals surface area contributed by atoms with Crippen LogP contribution < -0.4 is 25.6 Å². The van der Waals surface area contributed by atoms with Crippen molar-refractivity contribution < 1.29 is 0 Å². The molecule has 0 aromatic heterocycles. The second-order valence-electron chi connectivity index (χ2n) is 10.4. The Labute approximate surface area is 247 Å². The fraction of sp³-hybridized carbons (Fsp3) is 0. The van der Waals surface area contributed by atoms with Crippen LogP contribution in [-0.2, 0) is 0 Å². The molecule has 1 aliphatic rings. The van der Waals surface area contributed by atoms with E-state index in [-0.39, 0.29) is 0 Å². The molecule has 42 heavy (non-hydrogen) atoms. The van der Waals surface area contributed by atoms with Gasteiger partial charge in [0, 0.05) is 17.1 Å². The van der Waals surface area contributed by atoms with Crippen LogP contribution >= 0.6 is 0 Å². The predicted molar refractivity (Wildman–Crippen MR) is 176 cm³/mol. The molecule has 1 heterocycles. The number of benzene rings is 6. The van der Waals surface area contributed by atoms with E-state index in [1.807, 2.05) is 12.1 Å². The summed E-state index contributed by atoms with van der Waals surface area (Å²) in [6.45, 7) is 15.1. The standard InChI is InChI=1S/C38H25N3Si/c1-39-30-24-29(25-31(27-30)40-2)28-14-13-15-32(26-28)41-35-20-9-11-22-37(35)42(33-16-5-3-6-17-33,34-18-7-4-8-19-34)38-23-12-10-21-36(38)41/h3-27H. The van der Waals surface area contributed by atoms with Gasteiger partial charge in [-0.15, -0.1) is 0 Å². The van der Waals surface area contributed by atoms with Crippen molar-refractivity contribution in [3.8, 4) is 11.1 Å². The topological polar surface area (TPSA) is 12.0 Å². The summed E-state index contributed by atoms with van der Waals surface area (Å²) in [5.74, 6) is 0. The van der Waals surface area contributed by atoms with Gasteiger partial charge in [-0.3, -0.25) is 0 Å². The highest BCUT2D eigenvalue weighted by molar-refractivity contribution is 7.21. The minimum absolute atomic E-state index is 0.471. The highest BCUT2D eigenvalue weighted by Crippen LogP contribution is 2.40. The maximum Gasteiger partial charge on any atom is 0.184 e. The number of fused-ring (bicyclic) bond motifs is 2. The molecule has 0 amide bonds. The summed E-state index contributed by atoms with van der Waals surface area (Å²) in [6.07, 6.45) is 0. The minimum Gasteiger partial charge on any atom is -0.311 e. The van der Waals surface area contributed by atoms with Gasteiger partial charge in [0.25, 0.3) is 0 Å². The summed E-state index contributed by atoms with van der Waals surface area (Å²) < 4.78 is 0. The highest BCUT2D eigenvalue weighted by atomic mass is 28.3. The Kier molecular flexibility index (Phi) is 6.25. The molecule has 6 aromatic rings. The molecule has 0 fully saturated rings. The van der Waals surface area contributed by atoms with Gasteiger partial charge in [0.15, 0.2) is 19.4 Å². The molecule has 3 nitrogen and oxygen atoms in total. The molecule has 0 radical (unpaired) electrons. The summed E-state index contributed by atoms with van der Waals surface area (Å²) in [4.78, 5) is 9.60. The van der Waals surface area contributed by atoms with E-state index in [2.05, 4.69) is 148 Å². The fourth-order valence-corrected chi connectivity index (χ4v) is 11.5. The lowest BCUT2D eigenvalue weighted by Gasteiger charge is -2.45. The zero-order valence-electron chi connectivity index (χ0n) is 22.8. The fourth-order valence-electron chi connectivity index (χ4n) is 6.40. The quantitative estimate of drug-likeness (QED) is 0.162. The average molecular weight is 552 g/mol. The summed E-state index contributed by atoms with van der Waals surface area (Å²) in [7, 11) is -2.66. The van der Waals surface area contributed by atoms with Crippen LogP contribution in [0.4, 0.5) is 28.4 Å². The largest absolute Gasteiger partial charge is 0.311 e. The Balaban J connectivity index is 1.51. The number of rotatable bonds is 4. The lowest BCUT2D eigenvalue weighted by molar-refractivity contribution is 1.29. The second-order valence-corrected chi connectivity index (χ2v) is 14.1. The molecular formula is C38H25N3Si. The van der Waals surface area contributed by atoms with Gasteiger partial charge in [-0.25, -0.2) is 9.69 Å². The predicted octanol–water partition coefficient (Wildman–Crippen LogP) is 7.62. The van der Waals surface area contributed by atoms with Crippen LogP contribution in [-0.4, -0.2) is 8.07 Å². The van der Waals surface area contributed by atoms with E-state index in [0.717, 1.165) is 16.8 Å². The van der Waals surface area contributed by atoms with Gasteiger partial charge < -0.3 is 4.90 Å². The summed E-state index contributed by atoms with van der Waals surface area (Å²) in [5.41, 5.74) is 6.16. The molecule has 1 aliphatic heterocycles. The molecule has 0 unspecified atom stereocenters. The van der Waals surface area contributed by atoms with Crippen LogP contribution in [0.5, 0.6) is 0 Å². The van der Waals surface area contributed by atoms with Crippen LogP contribution in [0.2, 0.25) is 0 Å². The van der Waals surface area contributed by atoms with Crippen molar-refractivity contribution in [2.75, 3.05) is 4.90 Å². The van der Waals surface area contributed by atoms with Gasteiger partial charge in [-0.1, -0.05) is 127 Å². The van der Waals surface area contributed by atoms with Gasteiger partial charge >= 0.3 is 0 Å². The van der Waals surface area contributed by atoms with Crippen molar-refractivity contribution in [1.82, 2.24) is 0 Å². The third-order valence-electron chi connectivity index (χ3n) is 8.11. The normalized spacial score (nSPS) is 12.9. The Morgan fingerprint density at radius 2 is 0.952 bits per heavy atom. The number of hydrogen-bond donors (Lipinski definition) is 0. The molecule has 0 bridgehead atoms. The van der Waals surface area contributed by atoms with Crippen LogP contribution in [0.25, 0.3) is 20.8 Å². The maximum atomic E-state index is 7.54. The van der Waals surface area contributed by atoms with Gasteiger partial charge in [0.05, 0.1) is 13.1 Å². The molecule has 0 spiro atoms. The Bertz CT molecular complexity index is 1900. The van der Waals surface area contributed by atoms with Crippen LogP contribution in [0.1, 0.15) is 0 Å². The van der Waals surface area contributed by atoms with Crippen molar-refractivity contribution in [2.24, 2.45) is 0 Å². The first-order valence-electron chi connectivity index (χ1n) is 13.8. The first-order chi connectivity index (χ1) is 20.7. The van der Waals surface area contributed by atoms with Crippen molar-refractivity contribution >= 4 is 57.3 Å². The smallest absolute Gasteiger partial charge is 0.184 e. The van der Waals surface area contributed by atoms with Crippen molar-refractivity contribution in [2.45, 2.75) is 0 Å².